The van der Waals surface area contributed by atoms with Gasteiger partial charge < -0.3 is 16.2 Å². The molecule has 0 fully saturated rings. The number of hydrogen-bond donors (Lipinski definition) is 4. The number of carbonyl (C=O) groups excluding carboxylic acids is 2. The molecule has 14 heavy (non-hydrogen) atoms. The molecule has 0 heterocycles. The van der Waals surface area contributed by atoms with Gasteiger partial charge >= 0.3 is 6.03 Å². The maximum absolute atomic E-state index is 10.9. The number of aliphatic hydroxyl groups is 1. The van der Waals surface area contributed by atoms with Crippen LogP contribution in [0.4, 0.5) is 4.79 Å². The van der Waals surface area contributed by atoms with E-state index in [1.54, 1.807) is 6.92 Å². The molecule has 0 saturated heterocycles. The van der Waals surface area contributed by atoms with Gasteiger partial charge in [-0.05, 0) is 20.3 Å². The Morgan fingerprint density at radius 2 is 2.00 bits per heavy atom. The van der Waals surface area contributed by atoms with Gasteiger partial charge in [-0.2, -0.15) is 0 Å². The molecule has 0 aromatic carbocycles. The van der Waals surface area contributed by atoms with Gasteiger partial charge in [0.15, 0.2) is 0 Å². The summed E-state index contributed by atoms with van der Waals surface area (Å²) in [7, 11) is 0. The maximum atomic E-state index is 10.9. The normalized spacial score (nSPS) is 14.5. The zero-order chi connectivity index (χ0) is 11.1. The second-order valence-corrected chi connectivity index (χ2v) is 3.28. The third-order valence-corrected chi connectivity index (χ3v) is 1.57. The van der Waals surface area contributed by atoms with Crippen LogP contribution in [-0.2, 0) is 4.79 Å². The lowest BCUT2D eigenvalue weighted by molar-refractivity contribution is -0.119. The minimum Gasteiger partial charge on any atom is -0.393 e. The number of primary amides is 1. The molecule has 3 amide bonds. The summed E-state index contributed by atoms with van der Waals surface area (Å²) >= 11 is 0. The van der Waals surface area contributed by atoms with Gasteiger partial charge in [-0.3, -0.25) is 10.1 Å². The fourth-order valence-corrected chi connectivity index (χ4v) is 1.04. The second kappa shape index (κ2) is 6.33. The van der Waals surface area contributed by atoms with Gasteiger partial charge in [0.2, 0.25) is 5.91 Å². The Labute approximate surface area is 82.9 Å². The molecule has 6 nitrogen and oxygen atoms in total. The highest BCUT2D eigenvalue weighted by molar-refractivity contribution is 5.94. The molecule has 0 rings (SSSR count). The summed E-state index contributed by atoms with van der Waals surface area (Å²) < 4.78 is 0. The molecule has 0 aromatic rings. The van der Waals surface area contributed by atoms with Crippen molar-refractivity contribution in [3.05, 3.63) is 0 Å². The molecule has 0 radical (unpaired) electrons. The Balaban J connectivity index is 3.61. The molecular formula is C8H17N3O3. The fraction of sp³-hybridized carbons (Fsp3) is 0.750. The van der Waals surface area contributed by atoms with Crippen molar-refractivity contribution in [2.75, 3.05) is 6.54 Å². The lowest BCUT2D eigenvalue weighted by atomic mass is 10.1. The van der Waals surface area contributed by atoms with E-state index in [-0.39, 0.29) is 12.6 Å². The van der Waals surface area contributed by atoms with E-state index in [2.05, 4.69) is 5.32 Å². The molecule has 82 valence electrons. The van der Waals surface area contributed by atoms with Crippen molar-refractivity contribution in [3.8, 4) is 0 Å². The summed E-state index contributed by atoms with van der Waals surface area (Å²) in [5, 5.41) is 13.8. The summed E-state index contributed by atoms with van der Waals surface area (Å²) in [6.07, 6.45) is 0.126. The molecule has 6 heteroatoms. The first-order valence-electron chi connectivity index (χ1n) is 4.42. The topological polar surface area (TPSA) is 104 Å². The first-order chi connectivity index (χ1) is 6.41. The van der Waals surface area contributed by atoms with Gasteiger partial charge in [0, 0.05) is 6.04 Å². The molecule has 5 N–H and O–H groups in total. The predicted octanol–water partition coefficient (Wildman–Crippen LogP) is -1.07. The number of amides is 3. The van der Waals surface area contributed by atoms with Crippen LogP contribution in [0.1, 0.15) is 20.3 Å². The molecule has 2 unspecified atom stereocenters. The van der Waals surface area contributed by atoms with Crippen LogP contribution in [-0.4, -0.2) is 35.7 Å². The number of aliphatic hydroxyl groups excluding tert-OH is 1. The highest BCUT2D eigenvalue weighted by Gasteiger charge is 2.08. The lowest BCUT2D eigenvalue weighted by Gasteiger charge is -2.14. The van der Waals surface area contributed by atoms with Gasteiger partial charge in [0.05, 0.1) is 12.6 Å². The van der Waals surface area contributed by atoms with Crippen LogP contribution >= 0.6 is 0 Å². The third kappa shape index (κ3) is 7.51. The van der Waals surface area contributed by atoms with Gasteiger partial charge in [0.1, 0.15) is 0 Å². The van der Waals surface area contributed by atoms with Gasteiger partial charge in [-0.1, -0.05) is 0 Å². The largest absolute Gasteiger partial charge is 0.393 e. The van der Waals surface area contributed by atoms with Crippen molar-refractivity contribution in [2.45, 2.75) is 32.4 Å². The van der Waals surface area contributed by atoms with Crippen LogP contribution in [0.3, 0.4) is 0 Å². The summed E-state index contributed by atoms with van der Waals surface area (Å²) in [5.74, 6) is -0.477. The van der Waals surface area contributed by atoms with Crippen molar-refractivity contribution in [2.24, 2.45) is 5.73 Å². The standard InChI is InChI=1S/C8H17N3O3/c1-5(3-6(2)12)10-4-7(13)11-8(9)14/h5-6,10,12H,3-4H2,1-2H3,(H3,9,11,13,14). The highest BCUT2D eigenvalue weighted by Crippen LogP contribution is 1.95. The minimum absolute atomic E-state index is 0.00799. The summed E-state index contributed by atoms with van der Waals surface area (Å²) in [6, 6.07) is -0.853. The fourth-order valence-electron chi connectivity index (χ4n) is 1.04. The number of nitrogens with two attached hydrogens (primary N) is 1. The summed E-state index contributed by atoms with van der Waals surface area (Å²) in [6.45, 7) is 3.52. The van der Waals surface area contributed by atoms with Crippen molar-refractivity contribution >= 4 is 11.9 Å². The summed E-state index contributed by atoms with van der Waals surface area (Å²) in [5.41, 5.74) is 4.74. The van der Waals surface area contributed by atoms with Crippen LogP contribution in [0.15, 0.2) is 0 Å². The second-order valence-electron chi connectivity index (χ2n) is 3.28. The van der Waals surface area contributed by atoms with E-state index in [9.17, 15) is 9.59 Å². The van der Waals surface area contributed by atoms with Crippen molar-refractivity contribution in [3.63, 3.8) is 0 Å². The molecule has 0 aromatic heterocycles. The molecule has 0 saturated carbocycles. The number of rotatable bonds is 5. The van der Waals surface area contributed by atoms with E-state index in [1.807, 2.05) is 12.2 Å². The molecule has 0 aliphatic carbocycles. The van der Waals surface area contributed by atoms with E-state index in [4.69, 9.17) is 10.8 Å². The zero-order valence-electron chi connectivity index (χ0n) is 8.41. The lowest BCUT2D eigenvalue weighted by Crippen LogP contribution is -2.43. The average molecular weight is 203 g/mol. The van der Waals surface area contributed by atoms with Crippen LogP contribution < -0.4 is 16.4 Å². The van der Waals surface area contributed by atoms with Gasteiger partial charge in [-0.25, -0.2) is 4.79 Å². The number of nitrogens with one attached hydrogen (secondary N) is 2. The highest BCUT2D eigenvalue weighted by atomic mass is 16.3. The Morgan fingerprint density at radius 1 is 1.43 bits per heavy atom. The first kappa shape index (κ1) is 12.9. The monoisotopic (exact) mass is 203 g/mol. The third-order valence-electron chi connectivity index (χ3n) is 1.57. The Kier molecular flexibility index (Phi) is 5.82. The van der Waals surface area contributed by atoms with Crippen molar-refractivity contribution < 1.29 is 14.7 Å². The first-order valence-corrected chi connectivity index (χ1v) is 4.42. The van der Waals surface area contributed by atoms with Crippen LogP contribution in [0, 0.1) is 0 Å². The molecule has 0 aliphatic heterocycles. The van der Waals surface area contributed by atoms with Gasteiger partial charge in [0.25, 0.3) is 0 Å². The van der Waals surface area contributed by atoms with E-state index >= 15 is 0 Å². The number of carbonyl (C=O) groups is 2. The Hall–Kier alpha value is -1.14. The molecular weight excluding hydrogens is 186 g/mol. The van der Waals surface area contributed by atoms with Crippen molar-refractivity contribution in [1.82, 2.24) is 10.6 Å². The van der Waals surface area contributed by atoms with Crippen LogP contribution in [0.5, 0.6) is 0 Å². The minimum atomic E-state index is -0.861. The molecule has 2 atom stereocenters. The molecule has 0 bridgehead atoms. The van der Waals surface area contributed by atoms with Gasteiger partial charge in [-0.15, -0.1) is 0 Å². The summed E-state index contributed by atoms with van der Waals surface area (Å²) in [4.78, 5) is 21.2. The van der Waals surface area contributed by atoms with Crippen LogP contribution in [0.25, 0.3) is 0 Å². The number of urea groups is 1. The SMILES string of the molecule is CC(O)CC(C)NCC(=O)NC(N)=O. The van der Waals surface area contributed by atoms with Crippen LogP contribution in [0.2, 0.25) is 0 Å². The zero-order valence-corrected chi connectivity index (χ0v) is 8.41. The van der Waals surface area contributed by atoms with Crippen molar-refractivity contribution in [1.29, 1.82) is 0 Å². The quantitative estimate of drug-likeness (QED) is 0.456. The Bertz CT molecular complexity index is 206. The number of imide groups is 1. The van der Waals surface area contributed by atoms with E-state index in [0.717, 1.165) is 0 Å². The van der Waals surface area contributed by atoms with E-state index in [0.29, 0.717) is 6.42 Å². The Morgan fingerprint density at radius 3 is 2.43 bits per heavy atom. The predicted molar refractivity (Wildman–Crippen MR) is 51.5 cm³/mol. The smallest absolute Gasteiger partial charge is 0.318 e. The molecule has 0 spiro atoms. The average Bonchev–Trinajstić information content (AvgIpc) is 1.98. The number of hydrogen-bond acceptors (Lipinski definition) is 4. The molecule has 0 aliphatic rings. The van der Waals surface area contributed by atoms with E-state index < -0.39 is 18.0 Å². The maximum Gasteiger partial charge on any atom is 0.318 e. The van der Waals surface area contributed by atoms with E-state index in [1.165, 1.54) is 0 Å².